The average molecular weight is 305 g/mol. The highest BCUT2D eigenvalue weighted by atomic mass is 79.9. The molecule has 1 aromatic rings. The highest BCUT2D eigenvalue weighted by molar-refractivity contribution is 9.11. The Morgan fingerprint density at radius 1 is 1.38 bits per heavy atom. The molecule has 1 heterocycles. The molecule has 0 fully saturated rings. The molecule has 1 aromatic heterocycles. The molecule has 1 N–H and O–H groups in total. The summed E-state index contributed by atoms with van der Waals surface area (Å²) in [6, 6.07) is 4.84. The summed E-state index contributed by atoms with van der Waals surface area (Å²) >= 11 is 5.29. The van der Waals surface area contributed by atoms with Gasteiger partial charge in [0, 0.05) is 24.0 Å². The fourth-order valence-electron chi connectivity index (χ4n) is 1.58. The molecule has 0 aliphatic heterocycles. The van der Waals surface area contributed by atoms with Gasteiger partial charge in [0.2, 0.25) is 0 Å². The largest absolute Gasteiger partial charge is 0.308 e. The van der Waals surface area contributed by atoms with Crippen LogP contribution in [0.1, 0.15) is 18.7 Å². The molecule has 1 atom stereocenters. The minimum atomic E-state index is 0.552. The number of halogens is 1. The van der Waals surface area contributed by atoms with E-state index in [9.17, 15) is 0 Å². The molecule has 2 nitrogen and oxygen atoms in total. The lowest BCUT2D eigenvalue weighted by molar-refractivity contribution is 0.288. The van der Waals surface area contributed by atoms with E-state index in [-0.39, 0.29) is 0 Å². The Morgan fingerprint density at radius 3 is 2.50 bits per heavy atom. The lowest BCUT2D eigenvalue weighted by Gasteiger charge is -2.25. The van der Waals surface area contributed by atoms with Crippen molar-refractivity contribution in [3.05, 3.63) is 20.8 Å². The van der Waals surface area contributed by atoms with Gasteiger partial charge in [0.25, 0.3) is 0 Å². The van der Waals surface area contributed by atoms with E-state index in [0.717, 1.165) is 13.1 Å². The Hall–Kier alpha value is 0.1000. The van der Waals surface area contributed by atoms with Crippen LogP contribution in [0.5, 0.6) is 0 Å². The monoisotopic (exact) mass is 304 g/mol. The number of hydrogen-bond acceptors (Lipinski definition) is 3. The molecular formula is C12H21BrN2S. The van der Waals surface area contributed by atoms with Gasteiger partial charge in [-0.05, 0) is 48.1 Å². The van der Waals surface area contributed by atoms with Gasteiger partial charge in [-0.15, -0.1) is 11.3 Å². The summed E-state index contributed by atoms with van der Waals surface area (Å²) in [5, 5.41) is 3.63. The first-order chi connectivity index (χ1) is 7.49. The van der Waals surface area contributed by atoms with Gasteiger partial charge in [-0.1, -0.05) is 13.8 Å². The van der Waals surface area contributed by atoms with Gasteiger partial charge in [-0.3, -0.25) is 0 Å². The fraction of sp³-hybridized carbons (Fsp3) is 0.667. The summed E-state index contributed by atoms with van der Waals surface area (Å²) < 4.78 is 1.21. The number of thiophene rings is 1. The van der Waals surface area contributed by atoms with Crippen LogP contribution in [-0.2, 0) is 6.54 Å². The maximum Gasteiger partial charge on any atom is 0.0701 e. The second kappa shape index (κ2) is 6.74. The molecule has 0 amide bonds. The molecule has 0 saturated carbocycles. The predicted octanol–water partition coefficient (Wildman–Crippen LogP) is 3.19. The van der Waals surface area contributed by atoms with Crippen molar-refractivity contribution in [1.29, 1.82) is 0 Å². The van der Waals surface area contributed by atoms with E-state index in [0.29, 0.717) is 12.0 Å². The van der Waals surface area contributed by atoms with E-state index in [1.54, 1.807) is 11.3 Å². The van der Waals surface area contributed by atoms with Crippen molar-refractivity contribution in [2.75, 3.05) is 20.6 Å². The Morgan fingerprint density at radius 2 is 2.06 bits per heavy atom. The number of nitrogens with one attached hydrogen (secondary N) is 1. The molecule has 4 heteroatoms. The van der Waals surface area contributed by atoms with Crippen molar-refractivity contribution in [1.82, 2.24) is 10.2 Å². The van der Waals surface area contributed by atoms with Crippen LogP contribution in [0, 0.1) is 5.92 Å². The van der Waals surface area contributed by atoms with Crippen LogP contribution in [0.2, 0.25) is 0 Å². The number of likely N-dealkylation sites (N-methyl/N-ethyl adjacent to an activating group) is 1. The van der Waals surface area contributed by atoms with E-state index in [1.807, 2.05) is 0 Å². The summed E-state index contributed by atoms with van der Waals surface area (Å²) in [5.74, 6) is 0.658. The van der Waals surface area contributed by atoms with E-state index in [1.165, 1.54) is 8.66 Å². The summed E-state index contributed by atoms with van der Waals surface area (Å²) in [6.45, 7) is 6.59. The summed E-state index contributed by atoms with van der Waals surface area (Å²) in [5.41, 5.74) is 0. The summed E-state index contributed by atoms with van der Waals surface area (Å²) in [6.07, 6.45) is 0. The summed E-state index contributed by atoms with van der Waals surface area (Å²) in [7, 11) is 4.25. The minimum absolute atomic E-state index is 0.552. The Kier molecular flexibility index (Phi) is 5.97. The fourth-order valence-corrected chi connectivity index (χ4v) is 3.02. The van der Waals surface area contributed by atoms with Gasteiger partial charge >= 0.3 is 0 Å². The van der Waals surface area contributed by atoms with Crippen LogP contribution in [0.3, 0.4) is 0 Å². The van der Waals surface area contributed by atoms with Crippen LogP contribution < -0.4 is 5.32 Å². The van der Waals surface area contributed by atoms with Crippen LogP contribution in [0.4, 0.5) is 0 Å². The predicted molar refractivity (Wildman–Crippen MR) is 76.0 cm³/mol. The van der Waals surface area contributed by atoms with Crippen LogP contribution in [-0.4, -0.2) is 31.6 Å². The Labute approximate surface area is 111 Å². The van der Waals surface area contributed by atoms with E-state index in [4.69, 9.17) is 0 Å². The number of hydrogen-bond donors (Lipinski definition) is 1. The first-order valence-corrected chi connectivity index (χ1v) is 7.22. The molecule has 1 rings (SSSR count). The van der Waals surface area contributed by atoms with Gasteiger partial charge in [0.1, 0.15) is 0 Å². The molecular weight excluding hydrogens is 284 g/mol. The van der Waals surface area contributed by atoms with Crippen molar-refractivity contribution < 1.29 is 0 Å². The van der Waals surface area contributed by atoms with Crippen molar-refractivity contribution in [2.24, 2.45) is 5.92 Å². The lowest BCUT2D eigenvalue weighted by atomic mass is 10.0. The first kappa shape index (κ1) is 14.2. The normalized spacial score (nSPS) is 13.7. The molecule has 0 aliphatic rings. The molecule has 0 bridgehead atoms. The highest BCUT2D eigenvalue weighted by Crippen LogP contribution is 2.22. The quantitative estimate of drug-likeness (QED) is 0.868. The molecule has 0 radical (unpaired) electrons. The zero-order chi connectivity index (χ0) is 12.1. The number of nitrogens with zero attached hydrogens (tertiary/aromatic N) is 1. The molecule has 0 spiro atoms. The van der Waals surface area contributed by atoms with Gasteiger partial charge in [0.15, 0.2) is 0 Å². The van der Waals surface area contributed by atoms with Crippen LogP contribution in [0.15, 0.2) is 15.9 Å². The molecule has 0 saturated heterocycles. The standard InChI is InChI=1S/C12H21BrN2S/c1-9(2)11(8-15(3)4)14-7-10-5-6-12(13)16-10/h5-6,9,11,14H,7-8H2,1-4H3. The van der Waals surface area contributed by atoms with E-state index >= 15 is 0 Å². The van der Waals surface area contributed by atoms with Crippen molar-refractivity contribution >= 4 is 27.3 Å². The third kappa shape index (κ3) is 4.95. The van der Waals surface area contributed by atoms with Gasteiger partial charge < -0.3 is 10.2 Å². The smallest absolute Gasteiger partial charge is 0.0701 e. The van der Waals surface area contributed by atoms with Crippen molar-refractivity contribution in [3.63, 3.8) is 0 Å². The van der Waals surface area contributed by atoms with E-state index < -0.39 is 0 Å². The average Bonchev–Trinajstić information content (AvgIpc) is 2.58. The van der Waals surface area contributed by atoms with E-state index in [2.05, 4.69) is 66.2 Å². The SMILES string of the molecule is CC(C)C(CN(C)C)NCc1ccc(Br)s1. The first-order valence-electron chi connectivity index (χ1n) is 5.61. The van der Waals surface area contributed by atoms with Crippen molar-refractivity contribution in [3.8, 4) is 0 Å². The number of rotatable bonds is 6. The summed E-state index contributed by atoms with van der Waals surface area (Å²) in [4.78, 5) is 3.62. The van der Waals surface area contributed by atoms with Gasteiger partial charge in [-0.25, -0.2) is 0 Å². The third-order valence-electron chi connectivity index (χ3n) is 2.53. The van der Waals surface area contributed by atoms with Crippen LogP contribution >= 0.6 is 27.3 Å². The minimum Gasteiger partial charge on any atom is -0.308 e. The lowest BCUT2D eigenvalue weighted by Crippen LogP contribution is -2.41. The topological polar surface area (TPSA) is 15.3 Å². The third-order valence-corrected chi connectivity index (χ3v) is 4.16. The highest BCUT2D eigenvalue weighted by Gasteiger charge is 2.13. The second-order valence-corrected chi connectivity index (χ2v) is 7.25. The van der Waals surface area contributed by atoms with Gasteiger partial charge in [-0.2, -0.15) is 0 Å². The molecule has 92 valence electrons. The van der Waals surface area contributed by atoms with Gasteiger partial charge in [0.05, 0.1) is 3.79 Å². The zero-order valence-corrected chi connectivity index (χ0v) is 12.9. The Bertz CT molecular complexity index is 310. The maximum absolute atomic E-state index is 3.63. The maximum atomic E-state index is 3.63. The molecule has 0 aromatic carbocycles. The molecule has 16 heavy (non-hydrogen) atoms. The molecule has 0 aliphatic carbocycles. The second-order valence-electron chi connectivity index (χ2n) is 4.70. The Balaban J connectivity index is 2.43. The van der Waals surface area contributed by atoms with Crippen LogP contribution in [0.25, 0.3) is 0 Å². The molecule has 1 unspecified atom stereocenters. The van der Waals surface area contributed by atoms with Crippen molar-refractivity contribution in [2.45, 2.75) is 26.4 Å². The zero-order valence-electron chi connectivity index (χ0n) is 10.5.